The van der Waals surface area contributed by atoms with Crippen LogP contribution in [-0.4, -0.2) is 54.6 Å². The topological polar surface area (TPSA) is 47.9 Å². The van der Waals surface area contributed by atoms with Gasteiger partial charge < -0.3 is 0 Å². The van der Waals surface area contributed by atoms with Gasteiger partial charge in [0.05, 0.1) is 12.8 Å². The van der Waals surface area contributed by atoms with Crippen molar-refractivity contribution in [3.63, 3.8) is 0 Å². The molecule has 1 heterocycles. The summed E-state index contributed by atoms with van der Waals surface area (Å²) in [6, 6.07) is 12.4. The molecule has 2 aromatic rings. The van der Waals surface area contributed by atoms with Crippen LogP contribution in [0.3, 0.4) is 0 Å². The second kappa shape index (κ2) is 10.1. The van der Waals surface area contributed by atoms with Gasteiger partial charge in [-0.1, -0.05) is 45.7 Å². The van der Waals surface area contributed by atoms with Gasteiger partial charge in [0.25, 0.3) is 5.91 Å². The highest BCUT2D eigenvalue weighted by atomic mass is 79.9. The smallest absolute Gasteiger partial charge is 0.254 e. The minimum atomic E-state index is -0.393. The lowest BCUT2D eigenvalue weighted by molar-refractivity contribution is -0.122. The standard InChI is InChI=1S/C20H21BrClFN4O/c21-17-5-6-19(23)16(11-17)12-24-25-20(28)14-27-9-7-26(8-10-27)13-15-3-1-2-4-18(15)22/h1-6,11-12H,7-10,13-14H2,(H,25,28)/b24-12+. The van der Waals surface area contributed by atoms with E-state index in [1.54, 1.807) is 12.1 Å². The van der Waals surface area contributed by atoms with E-state index in [1.165, 1.54) is 12.3 Å². The van der Waals surface area contributed by atoms with Crippen LogP contribution in [0.15, 0.2) is 52.0 Å². The van der Waals surface area contributed by atoms with E-state index in [1.807, 2.05) is 24.3 Å². The molecule has 1 N–H and O–H groups in total. The van der Waals surface area contributed by atoms with E-state index in [9.17, 15) is 9.18 Å². The third-order valence-electron chi connectivity index (χ3n) is 4.53. The number of hydrogen-bond acceptors (Lipinski definition) is 4. The zero-order valence-corrected chi connectivity index (χ0v) is 17.6. The molecule has 1 aliphatic heterocycles. The minimum absolute atomic E-state index is 0.216. The van der Waals surface area contributed by atoms with Gasteiger partial charge in [0.15, 0.2) is 0 Å². The van der Waals surface area contributed by atoms with Gasteiger partial charge in [-0.25, -0.2) is 9.82 Å². The number of rotatable bonds is 6. The van der Waals surface area contributed by atoms with Crippen LogP contribution >= 0.6 is 27.5 Å². The van der Waals surface area contributed by atoms with Gasteiger partial charge in [-0.05, 0) is 29.8 Å². The van der Waals surface area contributed by atoms with Gasteiger partial charge in [0, 0.05) is 47.8 Å². The SMILES string of the molecule is O=C(CN1CCN(Cc2ccccc2Cl)CC1)N/N=C/c1cc(Br)ccc1F. The second-order valence-electron chi connectivity index (χ2n) is 6.60. The number of hydrogen-bond donors (Lipinski definition) is 1. The van der Waals surface area contributed by atoms with Gasteiger partial charge in [-0.3, -0.25) is 14.6 Å². The van der Waals surface area contributed by atoms with Gasteiger partial charge >= 0.3 is 0 Å². The summed E-state index contributed by atoms with van der Waals surface area (Å²) in [5.41, 5.74) is 3.88. The molecule has 8 heteroatoms. The first-order valence-electron chi connectivity index (χ1n) is 8.96. The Morgan fingerprint density at radius 1 is 1.18 bits per heavy atom. The van der Waals surface area contributed by atoms with Crippen LogP contribution in [0.4, 0.5) is 4.39 Å². The van der Waals surface area contributed by atoms with Crippen LogP contribution in [0.25, 0.3) is 0 Å². The molecule has 0 aromatic heterocycles. The second-order valence-corrected chi connectivity index (χ2v) is 7.93. The van der Waals surface area contributed by atoms with Crippen molar-refractivity contribution in [2.45, 2.75) is 6.54 Å². The number of carbonyl (C=O) groups is 1. The summed E-state index contributed by atoms with van der Waals surface area (Å²) < 4.78 is 14.4. The molecule has 0 atom stereocenters. The van der Waals surface area contributed by atoms with Gasteiger partial charge in [0.1, 0.15) is 5.82 Å². The lowest BCUT2D eigenvalue weighted by Gasteiger charge is -2.34. The number of nitrogens with one attached hydrogen (secondary N) is 1. The van der Waals surface area contributed by atoms with Crippen LogP contribution in [0.1, 0.15) is 11.1 Å². The molecule has 0 radical (unpaired) electrons. The Morgan fingerprint density at radius 2 is 1.89 bits per heavy atom. The summed E-state index contributed by atoms with van der Waals surface area (Å²) in [5, 5.41) is 4.63. The molecule has 1 saturated heterocycles. The van der Waals surface area contributed by atoms with Crippen LogP contribution in [-0.2, 0) is 11.3 Å². The number of carbonyl (C=O) groups excluding carboxylic acids is 1. The van der Waals surface area contributed by atoms with E-state index < -0.39 is 5.82 Å². The Hall–Kier alpha value is -1.80. The summed E-state index contributed by atoms with van der Waals surface area (Å²) in [4.78, 5) is 16.5. The van der Waals surface area contributed by atoms with E-state index in [2.05, 4.69) is 36.3 Å². The largest absolute Gasteiger partial charge is 0.296 e. The van der Waals surface area contributed by atoms with E-state index in [4.69, 9.17) is 11.6 Å². The number of nitrogens with zero attached hydrogens (tertiary/aromatic N) is 3. The first kappa shape index (κ1) is 20.9. The molecule has 1 aliphatic rings. The number of benzene rings is 2. The third-order valence-corrected chi connectivity index (χ3v) is 5.40. The molecule has 28 heavy (non-hydrogen) atoms. The summed E-state index contributed by atoms with van der Waals surface area (Å²) in [7, 11) is 0. The van der Waals surface area contributed by atoms with Crippen molar-refractivity contribution >= 4 is 39.7 Å². The molecule has 0 unspecified atom stereocenters. The van der Waals surface area contributed by atoms with E-state index in [-0.39, 0.29) is 12.5 Å². The normalized spacial score (nSPS) is 15.8. The maximum absolute atomic E-state index is 13.6. The lowest BCUT2D eigenvalue weighted by atomic mass is 10.2. The van der Waals surface area contributed by atoms with Crippen molar-refractivity contribution in [2.24, 2.45) is 5.10 Å². The fourth-order valence-electron chi connectivity index (χ4n) is 3.00. The van der Waals surface area contributed by atoms with E-state index >= 15 is 0 Å². The fourth-order valence-corrected chi connectivity index (χ4v) is 3.57. The Labute approximate surface area is 177 Å². The van der Waals surface area contributed by atoms with Crippen molar-refractivity contribution in [1.29, 1.82) is 0 Å². The van der Waals surface area contributed by atoms with Crippen LogP contribution in [0.5, 0.6) is 0 Å². The van der Waals surface area contributed by atoms with Crippen LogP contribution in [0, 0.1) is 5.82 Å². The molecule has 2 aromatic carbocycles. The predicted molar refractivity (Wildman–Crippen MR) is 113 cm³/mol. The molecular formula is C20H21BrClFN4O. The quantitative estimate of drug-likeness (QED) is 0.522. The minimum Gasteiger partial charge on any atom is -0.296 e. The van der Waals surface area contributed by atoms with Gasteiger partial charge in [-0.15, -0.1) is 0 Å². The summed E-state index contributed by atoms with van der Waals surface area (Å²) in [6.45, 7) is 4.39. The Kier molecular flexibility index (Phi) is 7.56. The average Bonchev–Trinajstić information content (AvgIpc) is 2.68. The number of hydrazone groups is 1. The summed E-state index contributed by atoms with van der Waals surface area (Å²) in [5.74, 6) is -0.609. The first-order chi connectivity index (χ1) is 13.5. The number of halogens is 3. The highest BCUT2D eigenvalue weighted by Gasteiger charge is 2.19. The molecule has 1 fully saturated rings. The highest BCUT2D eigenvalue weighted by molar-refractivity contribution is 9.10. The Morgan fingerprint density at radius 3 is 2.64 bits per heavy atom. The van der Waals surface area contributed by atoms with E-state index in [0.29, 0.717) is 5.56 Å². The molecule has 5 nitrogen and oxygen atoms in total. The van der Waals surface area contributed by atoms with Crippen LogP contribution < -0.4 is 5.43 Å². The van der Waals surface area contributed by atoms with Crippen molar-refractivity contribution in [2.75, 3.05) is 32.7 Å². The zero-order chi connectivity index (χ0) is 19.9. The first-order valence-corrected chi connectivity index (χ1v) is 10.1. The van der Waals surface area contributed by atoms with E-state index in [0.717, 1.165) is 47.8 Å². The molecule has 0 bridgehead atoms. The molecule has 0 saturated carbocycles. The maximum Gasteiger partial charge on any atom is 0.254 e. The lowest BCUT2D eigenvalue weighted by Crippen LogP contribution is -2.48. The number of piperazine rings is 1. The maximum atomic E-state index is 13.6. The summed E-state index contributed by atoms with van der Waals surface area (Å²) >= 11 is 9.50. The molecule has 3 rings (SSSR count). The number of amides is 1. The van der Waals surface area contributed by atoms with Crippen molar-refractivity contribution < 1.29 is 9.18 Å². The third kappa shape index (κ3) is 6.10. The Bertz CT molecular complexity index is 856. The van der Waals surface area contributed by atoms with Crippen molar-refractivity contribution in [3.8, 4) is 0 Å². The van der Waals surface area contributed by atoms with Gasteiger partial charge in [-0.2, -0.15) is 5.10 Å². The predicted octanol–water partition coefficient (Wildman–Crippen LogP) is 3.51. The molecular weight excluding hydrogens is 447 g/mol. The summed E-state index contributed by atoms with van der Waals surface area (Å²) in [6.07, 6.45) is 1.31. The molecule has 0 aliphatic carbocycles. The van der Waals surface area contributed by atoms with Crippen LogP contribution in [0.2, 0.25) is 5.02 Å². The fraction of sp³-hybridized carbons (Fsp3) is 0.300. The Balaban J connectivity index is 1.42. The molecule has 1 amide bonds. The highest BCUT2D eigenvalue weighted by Crippen LogP contribution is 2.18. The molecule has 0 spiro atoms. The van der Waals surface area contributed by atoms with Crippen molar-refractivity contribution in [1.82, 2.24) is 15.2 Å². The average molecular weight is 468 g/mol. The zero-order valence-electron chi connectivity index (χ0n) is 15.2. The monoisotopic (exact) mass is 466 g/mol. The van der Waals surface area contributed by atoms with Gasteiger partial charge in [0.2, 0.25) is 0 Å². The van der Waals surface area contributed by atoms with Crippen molar-refractivity contribution in [3.05, 3.63) is 68.9 Å². The molecule has 148 valence electrons.